The highest BCUT2D eigenvalue weighted by atomic mass is 32.1. The second-order valence-electron chi connectivity index (χ2n) is 3.78. The molecule has 4 heteroatoms. The van der Waals surface area contributed by atoms with E-state index in [0.29, 0.717) is 0 Å². The van der Waals surface area contributed by atoms with Gasteiger partial charge in [-0.05, 0) is 24.4 Å². The van der Waals surface area contributed by atoms with Gasteiger partial charge in [0, 0.05) is 12.1 Å². The third-order valence-electron chi connectivity index (χ3n) is 2.51. The van der Waals surface area contributed by atoms with Crippen LogP contribution in [0.3, 0.4) is 0 Å². The summed E-state index contributed by atoms with van der Waals surface area (Å²) in [7, 11) is 0. The molecule has 0 aliphatic heterocycles. The first kappa shape index (κ1) is 11.4. The van der Waals surface area contributed by atoms with Crippen molar-refractivity contribution in [1.29, 1.82) is 0 Å². The van der Waals surface area contributed by atoms with Crippen molar-refractivity contribution in [2.45, 2.75) is 26.3 Å². The molecular formula is C12H17N3S. The minimum atomic E-state index is 0.893. The average Bonchev–Trinajstić information content (AvgIpc) is 2.94. The molecule has 0 saturated heterocycles. The quantitative estimate of drug-likeness (QED) is 0.756. The molecule has 0 unspecified atom stereocenters. The van der Waals surface area contributed by atoms with E-state index in [-0.39, 0.29) is 0 Å². The molecule has 2 aromatic rings. The highest BCUT2D eigenvalue weighted by Gasteiger charge is 2.07. The maximum absolute atomic E-state index is 4.12. The summed E-state index contributed by atoms with van der Waals surface area (Å²) in [5.41, 5.74) is 2.40. The van der Waals surface area contributed by atoms with Gasteiger partial charge in [-0.1, -0.05) is 19.4 Å². The first-order valence-electron chi connectivity index (χ1n) is 5.68. The number of nitrogens with zero attached hydrogens (tertiary/aromatic N) is 1. The molecule has 2 aromatic heterocycles. The summed E-state index contributed by atoms with van der Waals surface area (Å²) < 4.78 is 0. The molecule has 0 aliphatic carbocycles. The van der Waals surface area contributed by atoms with Gasteiger partial charge in [0.25, 0.3) is 0 Å². The zero-order valence-electron chi connectivity index (χ0n) is 9.49. The standard InChI is InChI=1S/C12H17N3S/c1-2-3-6-13-8-10-9-14-15-12(10)11-5-4-7-16-11/h4-5,7,9,13H,2-3,6,8H2,1H3,(H,14,15). The lowest BCUT2D eigenvalue weighted by molar-refractivity contribution is 0.642. The van der Waals surface area contributed by atoms with Crippen molar-refractivity contribution in [2.24, 2.45) is 0 Å². The number of hydrogen-bond acceptors (Lipinski definition) is 3. The van der Waals surface area contributed by atoms with E-state index in [1.807, 2.05) is 6.20 Å². The Morgan fingerprint density at radius 1 is 1.50 bits per heavy atom. The summed E-state index contributed by atoms with van der Waals surface area (Å²) >= 11 is 1.74. The van der Waals surface area contributed by atoms with Crippen molar-refractivity contribution >= 4 is 11.3 Å². The maximum atomic E-state index is 4.12. The molecule has 0 aromatic carbocycles. The molecule has 16 heavy (non-hydrogen) atoms. The fraction of sp³-hybridized carbons (Fsp3) is 0.417. The topological polar surface area (TPSA) is 40.7 Å². The normalized spacial score (nSPS) is 10.8. The van der Waals surface area contributed by atoms with Crippen molar-refractivity contribution < 1.29 is 0 Å². The summed E-state index contributed by atoms with van der Waals surface area (Å²) in [5, 5.41) is 12.7. The highest BCUT2D eigenvalue weighted by molar-refractivity contribution is 7.13. The monoisotopic (exact) mass is 235 g/mol. The van der Waals surface area contributed by atoms with Crippen LogP contribution in [0.2, 0.25) is 0 Å². The lowest BCUT2D eigenvalue weighted by Crippen LogP contribution is -2.14. The molecule has 0 fully saturated rings. The number of hydrogen-bond donors (Lipinski definition) is 2. The zero-order chi connectivity index (χ0) is 11.2. The molecule has 0 bridgehead atoms. The van der Waals surface area contributed by atoms with Crippen molar-refractivity contribution in [1.82, 2.24) is 15.5 Å². The predicted molar refractivity (Wildman–Crippen MR) is 68.5 cm³/mol. The van der Waals surface area contributed by atoms with Crippen LogP contribution in [0.15, 0.2) is 23.7 Å². The third-order valence-corrected chi connectivity index (χ3v) is 3.40. The molecular weight excluding hydrogens is 218 g/mol. The largest absolute Gasteiger partial charge is 0.313 e. The van der Waals surface area contributed by atoms with Crippen LogP contribution in [0, 0.1) is 0 Å². The van der Waals surface area contributed by atoms with Gasteiger partial charge in [0.2, 0.25) is 0 Å². The molecule has 2 rings (SSSR count). The highest BCUT2D eigenvalue weighted by Crippen LogP contribution is 2.25. The Morgan fingerprint density at radius 3 is 3.19 bits per heavy atom. The van der Waals surface area contributed by atoms with E-state index >= 15 is 0 Å². The van der Waals surface area contributed by atoms with Gasteiger partial charge in [0.1, 0.15) is 0 Å². The van der Waals surface area contributed by atoms with Gasteiger partial charge >= 0.3 is 0 Å². The molecule has 3 nitrogen and oxygen atoms in total. The molecule has 0 amide bonds. The van der Waals surface area contributed by atoms with E-state index in [1.165, 1.54) is 23.3 Å². The summed E-state index contributed by atoms with van der Waals surface area (Å²) in [6.07, 6.45) is 4.37. The van der Waals surface area contributed by atoms with Gasteiger partial charge in [-0.25, -0.2) is 0 Å². The lowest BCUT2D eigenvalue weighted by Gasteiger charge is -2.03. The second kappa shape index (κ2) is 5.82. The molecule has 86 valence electrons. The van der Waals surface area contributed by atoms with Crippen LogP contribution in [0.5, 0.6) is 0 Å². The van der Waals surface area contributed by atoms with E-state index in [2.05, 4.69) is 40.0 Å². The van der Waals surface area contributed by atoms with Crippen LogP contribution in [0.4, 0.5) is 0 Å². The number of aromatic nitrogens is 2. The minimum Gasteiger partial charge on any atom is -0.313 e. The van der Waals surface area contributed by atoms with Gasteiger partial charge < -0.3 is 5.32 Å². The third kappa shape index (κ3) is 2.71. The van der Waals surface area contributed by atoms with Crippen molar-refractivity contribution in [3.63, 3.8) is 0 Å². The van der Waals surface area contributed by atoms with Crippen LogP contribution >= 0.6 is 11.3 Å². The number of unbranched alkanes of at least 4 members (excludes halogenated alkanes) is 1. The molecule has 0 radical (unpaired) electrons. The Kier molecular flexibility index (Phi) is 4.13. The summed E-state index contributed by atoms with van der Waals surface area (Å²) in [6, 6.07) is 4.18. The molecule has 0 atom stereocenters. The fourth-order valence-corrected chi connectivity index (χ4v) is 2.36. The minimum absolute atomic E-state index is 0.893. The number of H-pyrrole nitrogens is 1. The number of aromatic amines is 1. The van der Waals surface area contributed by atoms with Crippen LogP contribution in [-0.2, 0) is 6.54 Å². The lowest BCUT2D eigenvalue weighted by atomic mass is 10.2. The van der Waals surface area contributed by atoms with E-state index < -0.39 is 0 Å². The number of rotatable bonds is 6. The van der Waals surface area contributed by atoms with Gasteiger partial charge in [0.05, 0.1) is 16.8 Å². The number of thiophene rings is 1. The Bertz CT molecular complexity index is 406. The SMILES string of the molecule is CCCCNCc1cn[nH]c1-c1cccs1. The Morgan fingerprint density at radius 2 is 2.44 bits per heavy atom. The van der Waals surface area contributed by atoms with E-state index in [4.69, 9.17) is 0 Å². The number of nitrogens with one attached hydrogen (secondary N) is 2. The maximum Gasteiger partial charge on any atom is 0.0794 e. The van der Waals surface area contributed by atoms with E-state index in [1.54, 1.807) is 11.3 Å². The van der Waals surface area contributed by atoms with E-state index in [9.17, 15) is 0 Å². The van der Waals surface area contributed by atoms with Crippen molar-refractivity contribution in [3.8, 4) is 10.6 Å². The fourth-order valence-electron chi connectivity index (χ4n) is 1.60. The van der Waals surface area contributed by atoms with Crippen LogP contribution in [0.25, 0.3) is 10.6 Å². The predicted octanol–water partition coefficient (Wildman–Crippen LogP) is 3.03. The molecule has 2 heterocycles. The van der Waals surface area contributed by atoms with Crippen LogP contribution < -0.4 is 5.32 Å². The van der Waals surface area contributed by atoms with Crippen LogP contribution in [0.1, 0.15) is 25.3 Å². The molecule has 0 saturated carbocycles. The molecule has 0 aliphatic rings. The zero-order valence-corrected chi connectivity index (χ0v) is 10.3. The first-order chi connectivity index (χ1) is 7.92. The Balaban J connectivity index is 1.97. The van der Waals surface area contributed by atoms with Gasteiger partial charge in [0.15, 0.2) is 0 Å². The first-order valence-corrected chi connectivity index (χ1v) is 6.56. The smallest absolute Gasteiger partial charge is 0.0794 e. The Labute approximate surface area is 99.9 Å². The summed E-state index contributed by atoms with van der Waals surface area (Å²) in [4.78, 5) is 1.25. The van der Waals surface area contributed by atoms with Gasteiger partial charge in [-0.2, -0.15) is 5.10 Å². The average molecular weight is 235 g/mol. The summed E-state index contributed by atoms with van der Waals surface area (Å²) in [5.74, 6) is 0. The van der Waals surface area contributed by atoms with Gasteiger partial charge in [-0.3, -0.25) is 5.10 Å². The van der Waals surface area contributed by atoms with Crippen molar-refractivity contribution in [3.05, 3.63) is 29.3 Å². The van der Waals surface area contributed by atoms with E-state index in [0.717, 1.165) is 18.8 Å². The summed E-state index contributed by atoms with van der Waals surface area (Å²) in [6.45, 7) is 4.17. The van der Waals surface area contributed by atoms with Crippen molar-refractivity contribution in [2.75, 3.05) is 6.54 Å². The second-order valence-corrected chi connectivity index (χ2v) is 4.73. The molecule has 0 spiro atoms. The Hall–Kier alpha value is -1.13. The van der Waals surface area contributed by atoms with Crippen LogP contribution in [-0.4, -0.2) is 16.7 Å². The van der Waals surface area contributed by atoms with Gasteiger partial charge in [-0.15, -0.1) is 11.3 Å². The molecule has 2 N–H and O–H groups in total.